The highest BCUT2D eigenvalue weighted by Gasteiger charge is 2.30. The standard InChI is InChI=1S/C62H76N2O9S/c1-59(2,3)45-27-37-23-41-31-47(61(7,8)9)32-42(57(41)72-35-53(65)63-74(68,69)52-22-18-19-49-50(52)20-17-21-51(49)64(13)14)24-38-28-46(60(4,5)6)30-40(56(38)71-16)26-44-34-48(62(10,11)12)33-43(58(44)73-36-54(66)67)25-39(29-45)55(37)70-15/h17-22,27-34H,23-26,35-36H2,1-16H3,(H,63,65)(H,66,67). The van der Waals surface area contributed by atoms with Gasteiger partial charge < -0.3 is 29.0 Å². The summed E-state index contributed by atoms with van der Waals surface area (Å²) in [6.07, 6.45) is 1.34. The summed E-state index contributed by atoms with van der Waals surface area (Å²) in [5.74, 6) is 0.372. The van der Waals surface area contributed by atoms with Crippen molar-refractivity contribution in [2.24, 2.45) is 0 Å². The number of sulfonamides is 1. The van der Waals surface area contributed by atoms with E-state index < -0.39 is 35.1 Å². The fourth-order valence-corrected chi connectivity index (χ4v) is 11.1. The number of hydrogen-bond donors (Lipinski definition) is 2. The van der Waals surface area contributed by atoms with Crippen molar-refractivity contribution in [2.75, 3.05) is 46.4 Å². The number of benzene rings is 6. The minimum atomic E-state index is -4.36. The molecule has 6 aromatic carbocycles. The molecular weight excluding hydrogens is 949 g/mol. The van der Waals surface area contributed by atoms with Crippen LogP contribution in [0.4, 0.5) is 5.69 Å². The molecule has 0 aliphatic heterocycles. The Bertz CT molecular complexity index is 3130. The molecule has 6 aromatic rings. The number of carbonyl (C=O) groups excluding carboxylic acids is 1. The summed E-state index contributed by atoms with van der Waals surface area (Å²) in [7, 11) is 2.77. The summed E-state index contributed by atoms with van der Waals surface area (Å²) >= 11 is 0. The van der Waals surface area contributed by atoms with Crippen molar-refractivity contribution in [3.63, 3.8) is 0 Å². The Labute approximate surface area is 439 Å². The van der Waals surface area contributed by atoms with Gasteiger partial charge in [-0.15, -0.1) is 0 Å². The molecule has 0 atom stereocenters. The average Bonchev–Trinajstić information content (AvgIpc) is 3.28. The van der Waals surface area contributed by atoms with Gasteiger partial charge in [0.05, 0.1) is 19.1 Å². The predicted octanol–water partition coefficient (Wildman–Crippen LogP) is 12.1. The number of fused-ring (bicyclic) bond motifs is 9. The zero-order valence-corrected chi connectivity index (χ0v) is 47.2. The number of nitrogens with zero attached hydrogens (tertiary/aromatic N) is 1. The molecule has 1 amide bonds. The largest absolute Gasteiger partial charge is 0.496 e. The molecule has 74 heavy (non-hydrogen) atoms. The molecule has 8 bridgehead atoms. The first-order chi connectivity index (χ1) is 34.4. The lowest BCUT2D eigenvalue weighted by atomic mass is 9.79. The Morgan fingerprint density at radius 3 is 1.16 bits per heavy atom. The summed E-state index contributed by atoms with van der Waals surface area (Å²) in [4.78, 5) is 28.4. The van der Waals surface area contributed by atoms with Gasteiger partial charge in [0, 0.05) is 56.2 Å². The summed E-state index contributed by atoms with van der Waals surface area (Å²) in [6.45, 7) is 24.9. The van der Waals surface area contributed by atoms with Gasteiger partial charge in [0.2, 0.25) is 0 Å². The Morgan fingerprint density at radius 2 is 0.838 bits per heavy atom. The topological polar surface area (TPSA) is 141 Å². The second kappa shape index (κ2) is 20.6. The maximum Gasteiger partial charge on any atom is 0.341 e. The maximum atomic E-state index is 14.2. The van der Waals surface area contributed by atoms with Crippen LogP contribution in [0.25, 0.3) is 10.8 Å². The van der Waals surface area contributed by atoms with Gasteiger partial charge in [-0.2, -0.15) is 0 Å². The molecule has 11 nitrogen and oxygen atoms in total. The highest BCUT2D eigenvalue weighted by Crippen LogP contribution is 2.44. The molecular formula is C62H76N2O9S. The monoisotopic (exact) mass is 1020 g/mol. The number of carboxylic acids is 1. The molecule has 0 aromatic heterocycles. The molecule has 0 radical (unpaired) electrons. The van der Waals surface area contributed by atoms with Crippen molar-refractivity contribution in [1.29, 1.82) is 0 Å². The number of anilines is 1. The van der Waals surface area contributed by atoms with Crippen LogP contribution in [0.5, 0.6) is 23.0 Å². The van der Waals surface area contributed by atoms with E-state index in [9.17, 15) is 23.1 Å². The SMILES string of the molecule is COc1c2cc(C(C)(C)C)cc1Cc1cc(C(C)(C)C)cc(c1OCC(=O)NS(=O)(=O)c1cccc3c(N(C)C)cccc13)Cc1cc(C(C)(C)C)cc(c1OC)Cc1cc(C(C)(C)C)cc(c1OCC(=O)O)C2. The first-order valence-electron chi connectivity index (χ1n) is 25.3. The van der Waals surface area contributed by atoms with Crippen molar-refractivity contribution in [3.05, 3.63) is 152 Å². The number of nitrogens with one attached hydrogen (secondary N) is 1. The first-order valence-corrected chi connectivity index (χ1v) is 26.8. The van der Waals surface area contributed by atoms with E-state index in [-0.39, 0.29) is 26.6 Å². The van der Waals surface area contributed by atoms with E-state index in [0.29, 0.717) is 54.1 Å². The van der Waals surface area contributed by atoms with Crippen LogP contribution < -0.4 is 28.6 Å². The Morgan fingerprint density at radius 1 is 0.514 bits per heavy atom. The van der Waals surface area contributed by atoms with Crippen LogP contribution in [0, 0.1) is 0 Å². The molecule has 2 N–H and O–H groups in total. The van der Waals surface area contributed by atoms with Gasteiger partial charge in [-0.05, 0) is 101 Å². The minimum absolute atomic E-state index is 0.0132. The Hall–Kier alpha value is -6.53. The van der Waals surface area contributed by atoms with Crippen LogP contribution in [0.3, 0.4) is 0 Å². The van der Waals surface area contributed by atoms with Crippen LogP contribution in [0.2, 0.25) is 0 Å². The van der Waals surface area contributed by atoms with Gasteiger partial charge in [0.15, 0.2) is 13.2 Å². The van der Waals surface area contributed by atoms with Crippen LogP contribution in [-0.2, 0) is 67.0 Å². The van der Waals surface area contributed by atoms with Gasteiger partial charge in [-0.25, -0.2) is 17.9 Å². The lowest BCUT2D eigenvalue weighted by molar-refractivity contribution is -0.139. The third-order valence-corrected chi connectivity index (χ3v) is 15.4. The highest BCUT2D eigenvalue weighted by atomic mass is 32.2. The molecule has 1 aliphatic carbocycles. The van der Waals surface area contributed by atoms with Gasteiger partial charge >= 0.3 is 5.97 Å². The van der Waals surface area contributed by atoms with Crippen LogP contribution in [0.1, 0.15) is 150 Å². The quantitative estimate of drug-likeness (QED) is 0.129. The normalized spacial score (nSPS) is 13.3. The van der Waals surface area contributed by atoms with E-state index in [4.69, 9.17) is 18.9 Å². The fourth-order valence-electron chi connectivity index (χ4n) is 9.91. The highest BCUT2D eigenvalue weighted by molar-refractivity contribution is 7.90. The summed E-state index contributed by atoms with van der Waals surface area (Å²) in [5.41, 5.74) is 10.6. The number of carbonyl (C=O) groups is 2. The zero-order chi connectivity index (χ0) is 54.5. The van der Waals surface area contributed by atoms with Crippen molar-refractivity contribution >= 4 is 38.4 Å². The number of hydrogen-bond acceptors (Lipinski definition) is 9. The first kappa shape index (κ1) is 55.2. The maximum absolute atomic E-state index is 14.2. The van der Waals surface area contributed by atoms with Gasteiger partial charge in [0.1, 0.15) is 23.0 Å². The van der Waals surface area contributed by atoms with E-state index in [1.165, 1.54) is 6.07 Å². The number of rotatable bonds is 11. The van der Waals surface area contributed by atoms with Crippen molar-refractivity contribution < 1.29 is 42.1 Å². The summed E-state index contributed by atoms with van der Waals surface area (Å²) in [5, 5.41) is 11.3. The predicted molar refractivity (Wildman–Crippen MR) is 297 cm³/mol. The van der Waals surface area contributed by atoms with E-state index in [1.807, 2.05) is 31.1 Å². The molecule has 394 valence electrons. The van der Waals surface area contributed by atoms with E-state index >= 15 is 0 Å². The molecule has 0 saturated carbocycles. The molecule has 7 rings (SSSR count). The Balaban J connectivity index is 1.49. The van der Waals surface area contributed by atoms with Crippen LogP contribution in [-0.4, -0.2) is 66.9 Å². The molecule has 1 aliphatic rings. The van der Waals surface area contributed by atoms with E-state index in [0.717, 1.165) is 77.8 Å². The third-order valence-electron chi connectivity index (χ3n) is 13.9. The van der Waals surface area contributed by atoms with Gasteiger partial charge in [-0.1, -0.05) is 156 Å². The van der Waals surface area contributed by atoms with Crippen LogP contribution >= 0.6 is 0 Å². The molecule has 0 spiro atoms. The van der Waals surface area contributed by atoms with Gasteiger partial charge in [0.25, 0.3) is 15.9 Å². The number of ether oxygens (including phenoxy) is 4. The third kappa shape index (κ3) is 12.0. The smallest absolute Gasteiger partial charge is 0.341 e. The molecule has 0 unspecified atom stereocenters. The van der Waals surface area contributed by atoms with Crippen LogP contribution in [0.15, 0.2) is 89.8 Å². The van der Waals surface area contributed by atoms with E-state index in [1.54, 1.807) is 32.4 Å². The number of aliphatic carboxylic acids is 1. The molecule has 12 heteroatoms. The fraction of sp³-hybridized carbons (Fsp3) is 0.419. The number of methoxy groups -OCH3 is 2. The summed E-state index contributed by atoms with van der Waals surface area (Å²) in [6, 6.07) is 27.7. The second-order valence-electron chi connectivity index (χ2n) is 24.1. The van der Waals surface area contributed by atoms with Crippen molar-refractivity contribution in [1.82, 2.24) is 4.72 Å². The van der Waals surface area contributed by atoms with Gasteiger partial charge in [-0.3, -0.25) is 4.79 Å². The zero-order valence-electron chi connectivity index (χ0n) is 46.4. The summed E-state index contributed by atoms with van der Waals surface area (Å²) < 4.78 is 56.7. The van der Waals surface area contributed by atoms with E-state index in [2.05, 4.69) is 136 Å². The van der Waals surface area contributed by atoms with Crippen molar-refractivity contribution in [3.8, 4) is 23.0 Å². The lowest BCUT2D eigenvalue weighted by Gasteiger charge is -2.29. The minimum Gasteiger partial charge on any atom is -0.496 e. The molecule has 0 heterocycles. The second-order valence-corrected chi connectivity index (χ2v) is 25.8. The molecule has 0 saturated heterocycles. The molecule has 0 fully saturated rings. The average molecular weight is 1030 g/mol. The number of carboxylic acid groups (broad SMARTS) is 1. The Kier molecular flexibility index (Phi) is 15.4. The number of amides is 1. The van der Waals surface area contributed by atoms with Crippen molar-refractivity contribution in [2.45, 2.75) is 135 Å². The lowest BCUT2D eigenvalue weighted by Crippen LogP contribution is -2.34.